The van der Waals surface area contributed by atoms with E-state index in [4.69, 9.17) is 0 Å². The van der Waals surface area contributed by atoms with Crippen molar-refractivity contribution in [3.05, 3.63) is 91.0 Å². The van der Waals surface area contributed by atoms with E-state index in [2.05, 4.69) is 105 Å². The van der Waals surface area contributed by atoms with Crippen molar-refractivity contribution in [3.8, 4) is 0 Å². The van der Waals surface area contributed by atoms with Gasteiger partial charge in [-0.3, -0.25) is 0 Å². The van der Waals surface area contributed by atoms with Gasteiger partial charge in [-0.2, -0.15) is 0 Å². The molecule has 0 amide bonds. The first kappa shape index (κ1) is 16.9. The first-order valence-corrected chi connectivity index (χ1v) is 10.7. The molecule has 0 saturated heterocycles. The quantitative estimate of drug-likeness (QED) is 0.546. The molecule has 24 heavy (non-hydrogen) atoms. The Balaban J connectivity index is 2.37. The predicted octanol–water partition coefficient (Wildman–Crippen LogP) is 5.17. The molecule has 0 N–H and O–H groups in total. The molecule has 1 heteroatoms. The lowest BCUT2D eigenvalue weighted by Gasteiger charge is -2.34. The standard InChI is InChI=1S/C23H26P/c1-3-20(4-2)24(21-14-8-5-9-15-21,22-16-10-6-11-17-22)23-18-12-7-13-19-23/h5-20H,3-4H2,1-2H3/q+1. The molecule has 0 aromatic heterocycles. The van der Waals surface area contributed by atoms with E-state index in [1.54, 1.807) is 0 Å². The topological polar surface area (TPSA) is 0 Å². The zero-order valence-electron chi connectivity index (χ0n) is 14.6. The summed E-state index contributed by atoms with van der Waals surface area (Å²) in [5, 5.41) is 4.49. The Hall–Kier alpha value is -1.91. The molecule has 0 heterocycles. The molecule has 0 aliphatic carbocycles. The maximum Gasteiger partial charge on any atom is 0.115 e. The van der Waals surface area contributed by atoms with Crippen LogP contribution >= 0.6 is 7.26 Å². The Labute approximate surface area is 146 Å². The van der Waals surface area contributed by atoms with Crippen molar-refractivity contribution < 1.29 is 0 Å². The van der Waals surface area contributed by atoms with Crippen LogP contribution in [0.2, 0.25) is 0 Å². The fraction of sp³-hybridized carbons (Fsp3) is 0.217. The molecule has 3 aromatic rings. The largest absolute Gasteiger partial charge is 0.115 e. The third kappa shape index (κ3) is 2.92. The van der Waals surface area contributed by atoms with E-state index in [0.29, 0.717) is 5.66 Å². The fourth-order valence-corrected chi connectivity index (χ4v) is 9.09. The van der Waals surface area contributed by atoms with Crippen LogP contribution in [-0.2, 0) is 0 Å². The van der Waals surface area contributed by atoms with E-state index in [1.807, 2.05) is 0 Å². The summed E-state index contributed by atoms with van der Waals surface area (Å²) in [7, 11) is -1.66. The number of rotatable bonds is 6. The van der Waals surface area contributed by atoms with Gasteiger partial charge in [0.05, 0.1) is 5.66 Å². The number of benzene rings is 3. The van der Waals surface area contributed by atoms with Crippen LogP contribution in [-0.4, -0.2) is 5.66 Å². The molecule has 3 rings (SSSR count). The van der Waals surface area contributed by atoms with Gasteiger partial charge in [-0.05, 0) is 49.2 Å². The molecule has 0 bridgehead atoms. The summed E-state index contributed by atoms with van der Waals surface area (Å²) in [5.74, 6) is 0. The second-order valence-corrected chi connectivity index (χ2v) is 9.92. The highest BCUT2D eigenvalue weighted by molar-refractivity contribution is 7.96. The lowest BCUT2D eigenvalue weighted by atomic mass is 10.3. The summed E-state index contributed by atoms with van der Waals surface area (Å²) < 4.78 is 0. The molecular weight excluding hydrogens is 307 g/mol. The molecule has 122 valence electrons. The molecule has 0 spiro atoms. The number of hydrogen-bond acceptors (Lipinski definition) is 0. The Bertz CT molecular complexity index is 634. The molecule has 0 aliphatic heterocycles. The molecule has 0 saturated carbocycles. The van der Waals surface area contributed by atoms with Crippen molar-refractivity contribution in [1.29, 1.82) is 0 Å². The highest BCUT2D eigenvalue weighted by Crippen LogP contribution is 2.61. The second kappa shape index (κ2) is 7.77. The lowest BCUT2D eigenvalue weighted by molar-refractivity contribution is 0.781. The third-order valence-electron chi connectivity index (χ3n) is 4.98. The average molecular weight is 333 g/mol. The van der Waals surface area contributed by atoms with E-state index in [-0.39, 0.29) is 0 Å². The highest BCUT2D eigenvalue weighted by Gasteiger charge is 2.50. The van der Waals surface area contributed by atoms with Crippen molar-refractivity contribution in [2.45, 2.75) is 32.3 Å². The smallest absolute Gasteiger partial charge is 0.0620 e. The summed E-state index contributed by atoms with van der Waals surface area (Å²) >= 11 is 0. The minimum atomic E-state index is -1.66. The molecule has 0 nitrogen and oxygen atoms in total. The van der Waals surface area contributed by atoms with Crippen molar-refractivity contribution in [2.75, 3.05) is 0 Å². The first-order valence-electron chi connectivity index (χ1n) is 8.89. The van der Waals surface area contributed by atoms with Gasteiger partial charge in [-0.15, -0.1) is 0 Å². The van der Waals surface area contributed by atoms with Gasteiger partial charge in [-0.25, -0.2) is 0 Å². The van der Waals surface area contributed by atoms with Crippen LogP contribution in [0.25, 0.3) is 0 Å². The maximum absolute atomic E-state index is 2.34. The minimum Gasteiger partial charge on any atom is -0.0620 e. The van der Waals surface area contributed by atoms with Crippen molar-refractivity contribution in [3.63, 3.8) is 0 Å². The van der Waals surface area contributed by atoms with Crippen LogP contribution < -0.4 is 15.9 Å². The van der Waals surface area contributed by atoms with Gasteiger partial charge in [0.1, 0.15) is 23.2 Å². The van der Waals surface area contributed by atoms with Crippen LogP contribution in [0.15, 0.2) is 91.0 Å². The molecular formula is C23H26P+. The SMILES string of the molecule is CCC(CC)[P+](c1ccccc1)(c1ccccc1)c1ccccc1. The molecule has 0 atom stereocenters. The van der Waals surface area contributed by atoms with Crippen molar-refractivity contribution in [2.24, 2.45) is 0 Å². The summed E-state index contributed by atoms with van der Waals surface area (Å²) in [5.41, 5.74) is 0.657. The van der Waals surface area contributed by atoms with Crippen LogP contribution in [0.4, 0.5) is 0 Å². The van der Waals surface area contributed by atoms with E-state index in [9.17, 15) is 0 Å². The van der Waals surface area contributed by atoms with Crippen LogP contribution in [0.1, 0.15) is 26.7 Å². The molecule has 0 radical (unpaired) electrons. The Kier molecular flexibility index (Phi) is 5.48. The van der Waals surface area contributed by atoms with Crippen molar-refractivity contribution >= 4 is 23.2 Å². The van der Waals surface area contributed by atoms with Gasteiger partial charge in [0.25, 0.3) is 0 Å². The van der Waals surface area contributed by atoms with Gasteiger partial charge in [0.15, 0.2) is 0 Å². The zero-order valence-corrected chi connectivity index (χ0v) is 15.5. The fourth-order valence-electron chi connectivity index (χ4n) is 3.91. The van der Waals surface area contributed by atoms with Gasteiger partial charge in [0.2, 0.25) is 0 Å². The van der Waals surface area contributed by atoms with Gasteiger partial charge in [0, 0.05) is 0 Å². The summed E-state index contributed by atoms with van der Waals surface area (Å²) in [6.45, 7) is 4.69. The third-order valence-corrected chi connectivity index (χ3v) is 10.1. The Morgan fingerprint density at radius 1 is 0.542 bits per heavy atom. The van der Waals surface area contributed by atoms with Gasteiger partial charge in [-0.1, -0.05) is 68.4 Å². The normalized spacial score (nSPS) is 11.6. The molecule has 0 aliphatic rings. The highest BCUT2D eigenvalue weighted by atomic mass is 31.2. The molecule has 0 fully saturated rings. The maximum atomic E-state index is 2.34. The van der Waals surface area contributed by atoms with Gasteiger partial charge >= 0.3 is 0 Å². The van der Waals surface area contributed by atoms with E-state index in [1.165, 1.54) is 28.8 Å². The Morgan fingerprint density at radius 3 is 1.08 bits per heavy atom. The van der Waals surface area contributed by atoms with E-state index >= 15 is 0 Å². The number of hydrogen-bond donors (Lipinski definition) is 0. The van der Waals surface area contributed by atoms with Crippen LogP contribution in [0.3, 0.4) is 0 Å². The summed E-state index contributed by atoms with van der Waals surface area (Å²) in [6, 6.07) is 33.6. The van der Waals surface area contributed by atoms with Crippen molar-refractivity contribution in [1.82, 2.24) is 0 Å². The monoisotopic (exact) mass is 333 g/mol. The average Bonchev–Trinajstić information content (AvgIpc) is 2.68. The van der Waals surface area contributed by atoms with E-state index in [0.717, 1.165) is 0 Å². The first-order chi connectivity index (χ1) is 11.8. The van der Waals surface area contributed by atoms with Crippen LogP contribution in [0.5, 0.6) is 0 Å². The lowest BCUT2D eigenvalue weighted by Crippen LogP contribution is -2.38. The summed E-state index contributed by atoms with van der Waals surface area (Å²) in [4.78, 5) is 0. The van der Waals surface area contributed by atoms with Crippen LogP contribution in [0, 0.1) is 0 Å². The second-order valence-electron chi connectivity index (χ2n) is 6.20. The molecule has 3 aromatic carbocycles. The van der Waals surface area contributed by atoms with Gasteiger partial charge < -0.3 is 0 Å². The summed E-state index contributed by atoms with van der Waals surface area (Å²) in [6.07, 6.45) is 2.39. The van der Waals surface area contributed by atoms with E-state index < -0.39 is 7.26 Å². The minimum absolute atomic E-state index is 0.657. The predicted molar refractivity (Wildman–Crippen MR) is 110 cm³/mol. The zero-order chi connectivity index (χ0) is 16.8. The molecule has 0 unspecified atom stereocenters. The Morgan fingerprint density at radius 2 is 0.833 bits per heavy atom.